The molecule has 0 atom stereocenters. The molecule has 19 heavy (non-hydrogen) atoms. The van der Waals surface area contributed by atoms with Crippen molar-refractivity contribution in [3.05, 3.63) is 17.3 Å². The molecule has 0 saturated heterocycles. The van der Waals surface area contributed by atoms with Gasteiger partial charge >= 0.3 is 0 Å². The Balaban J connectivity index is 3.07. The van der Waals surface area contributed by atoms with Gasteiger partial charge < -0.3 is 10.4 Å². The molecule has 1 rings (SSSR count). The summed E-state index contributed by atoms with van der Waals surface area (Å²) in [5, 5.41) is 13.0. The maximum atomic E-state index is 9.88. The van der Waals surface area contributed by atoms with Crippen LogP contribution in [0.2, 0.25) is 0 Å². The molecule has 0 unspecified atom stereocenters. The van der Waals surface area contributed by atoms with Gasteiger partial charge in [0.05, 0.1) is 5.60 Å². The molecule has 4 nitrogen and oxygen atoms in total. The lowest BCUT2D eigenvalue weighted by atomic mass is 10.0. The van der Waals surface area contributed by atoms with Crippen LogP contribution >= 0.6 is 0 Å². The molecule has 2 N–H and O–H groups in total. The molecule has 0 fully saturated rings. The standard InChI is InChI=1S/C15H25N3O/c1-6-7-8-17-13-11(2)9-12(10-15(3,4)19)18-14(13)16-5/h8-9,19H,6-7,10H2,1-5H3,(H,16,18). The molecule has 0 saturated carbocycles. The van der Waals surface area contributed by atoms with Gasteiger partial charge in [-0.3, -0.25) is 4.99 Å². The Morgan fingerprint density at radius 3 is 2.68 bits per heavy atom. The van der Waals surface area contributed by atoms with Crippen LogP contribution in [0.15, 0.2) is 11.1 Å². The number of rotatable bonds is 6. The van der Waals surface area contributed by atoms with Crippen LogP contribution in [0, 0.1) is 6.92 Å². The summed E-state index contributed by atoms with van der Waals surface area (Å²) in [6.07, 6.45) is 4.51. The van der Waals surface area contributed by atoms with Crippen LogP contribution in [0.25, 0.3) is 0 Å². The van der Waals surface area contributed by atoms with Gasteiger partial charge in [-0.15, -0.1) is 0 Å². The summed E-state index contributed by atoms with van der Waals surface area (Å²) in [5.74, 6) is 0.770. The van der Waals surface area contributed by atoms with E-state index in [0.717, 1.165) is 35.6 Å². The van der Waals surface area contributed by atoms with Gasteiger partial charge in [-0.25, -0.2) is 4.98 Å². The zero-order valence-corrected chi connectivity index (χ0v) is 12.6. The third kappa shape index (κ3) is 4.99. The Morgan fingerprint density at radius 2 is 2.16 bits per heavy atom. The Hall–Kier alpha value is -1.42. The molecule has 4 heteroatoms. The minimum absolute atomic E-state index is 0.529. The maximum Gasteiger partial charge on any atom is 0.152 e. The van der Waals surface area contributed by atoms with E-state index in [1.807, 2.05) is 26.3 Å². The number of nitrogens with zero attached hydrogens (tertiary/aromatic N) is 2. The smallest absolute Gasteiger partial charge is 0.152 e. The number of unbranched alkanes of at least 4 members (excludes halogenated alkanes) is 1. The van der Waals surface area contributed by atoms with Crippen molar-refractivity contribution in [3.63, 3.8) is 0 Å². The van der Waals surface area contributed by atoms with E-state index in [4.69, 9.17) is 0 Å². The van der Waals surface area contributed by atoms with E-state index in [1.54, 1.807) is 13.8 Å². The molecule has 1 heterocycles. The lowest BCUT2D eigenvalue weighted by Crippen LogP contribution is -2.22. The number of aliphatic imine (C=N–C) groups is 1. The lowest BCUT2D eigenvalue weighted by Gasteiger charge is -2.18. The zero-order valence-electron chi connectivity index (χ0n) is 12.6. The summed E-state index contributed by atoms with van der Waals surface area (Å²) in [5.41, 5.74) is 2.09. The quantitative estimate of drug-likeness (QED) is 0.775. The van der Waals surface area contributed by atoms with E-state index >= 15 is 0 Å². The lowest BCUT2D eigenvalue weighted by molar-refractivity contribution is 0.0800. The molecule has 1 aromatic rings. The first-order valence-electron chi connectivity index (χ1n) is 6.80. The van der Waals surface area contributed by atoms with Gasteiger partial charge in [-0.1, -0.05) is 13.3 Å². The maximum absolute atomic E-state index is 9.88. The largest absolute Gasteiger partial charge is 0.390 e. The summed E-state index contributed by atoms with van der Waals surface area (Å²) in [4.78, 5) is 9.02. The SMILES string of the molecule is CCCC=Nc1c(C)cc(CC(C)(C)O)nc1NC. The number of aliphatic hydroxyl groups is 1. The zero-order chi connectivity index (χ0) is 14.5. The molecule has 0 aliphatic rings. The van der Waals surface area contributed by atoms with Crippen LogP contribution in [0.5, 0.6) is 0 Å². The Morgan fingerprint density at radius 1 is 1.47 bits per heavy atom. The first-order valence-corrected chi connectivity index (χ1v) is 6.80. The minimum atomic E-state index is -0.753. The minimum Gasteiger partial charge on any atom is -0.390 e. The fourth-order valence-corrected chi connectivity index (χ4v) is 1.89. The number of aromatic nitrogens is 1. The van der Waals surface area contributed by atoms with Crippen molar-refractivity contribution in [3.8, 4) is 0 Å². The van der Waals surface area contributed by atoms with E-state index in [2.05, 4.69) is 22.2 Å². The van der Waals surface area contributed by atoms with Crippen molar-refractivity contribution in [1.29, 1.82) is 0 Å². The molecule has 0 spiro atoms. The van der Waals surface area contributed by atoms with Crippen molar-refractivity contribution >= 4 is 17.7 Å². The monoisotopic (exact) mass is 263 g/mol. The highest BCUT2D eigenvalue weighted by Gasteiger charge is 2.16. The summed E-state index contributed by atoms with van der Waals surface area (Å²) in [6.45, 7) is 7.73. The highest BCUT2D eigenvalue weighted by molar-refractivity contribution is 5.72. The highest BCUT2D eigenvalue weighted by atomic mass is 16.3. The predicted octanol–water partition coefficient (Wildman–Crippen LogP) is 3.25. The van der Waals surface area contributed by atoms with E-state index in [0.29, 0.717) is 6.42 Å². The number of aryl methyl sites for hydroxylation is 1. The Labute approximate surface area is 116 Å². The number of pyridine rings is 1. The number of hydrogen-bond acceptors (Lipinski definition) is 4. The van der Waals surface area contributed by atoms with Crippen molar-refractivity contribution in [2.24, 2.45) is 4.99 Å². The topological polar surface area (TPSA) is 57.5 Å². The van der Waals surface area contributed by atoms with Gasteiger partial charge in [0.2, 0.25) is 0 Å². The van der Waals surface area contributed by atoms with E-state index in [-0.39, 0.29) is 0 Å². The van der Waals surface area contributed by atoms with Crippen LogP contribution in [0.1, 0.15) is 44.9 Å². The highest BCUT2D eigenvalue weighted by Crippen LogP contribution is 2.28. The third-order valence-corrected chi connectivity index (χ3v) is 2.73. The average molecular weight is 263 g/mol. The molecule has 0 aromatic carbocycles. The van der Waals surface area contributed by atoms with Crippen molar-refractivity contribution < 1.29 is 5.11 Å². The van der Waals surface area contributed by atoms with Gasteiger partial charge in [-0.2, -0.15) is 0 Å². The van der Waals surface area contributed by atoms with Crippen molar-refractivity contribution in [2.45, 2.75) is 52.6 Å². The molecule has 0 aliphatic carbocycles. The van der Waals surface area contributed by atoms with Gasteiger partial charge in [0.25, 0.3) is 0 Å². The second-order valence-electron chi connectivity index (χ2n) is 5.47. The fraction of sp³-hybridized carbons (Fsp3) is 0.600. The molecular formula is C15H25N3O. The van der Waals surface area contributed by atoms with E-state index in [9.17, 15) is 5.11 Å². The summed E-state index contributed by atoms with van der Waals surface area (Å²) < 4.78 is 0. The van der Waals surface area contributed by atoms with E-state index < -0.39 is 5.60 Å². The van der Waals surface area contributed by atoms with Crippen LogP contribution in [-0.4, -0.2) is 29.0 Å². The van der Waals surface area contributed by atoms with E-state index in [1.165, 1.54) is 0 Å². The first-order chi connectivity index (χ1) is 8.87. The second-order valence-corrected chi connectivity index (χ2v) is 5.47. The number of anilines is 1. The first kappa shape index (κ1) is 15.6. The molecular weight excluding hydrogens is 238 g/mol. The molecule has 0 bridgehead atoms. The molecule has 0 aliphatic heterocycles. The van der Waals surface area contributed by atoms with Gasteiger partial charge in [0.15, 0.2) is 5.82 Å². The molecule has 0 amide bonds. The summed E-state index contributed by atoms with van der Waals surface area (Å²) in [6, 6.07) is 2.00. The summed E-state index contributed by atoms with van der Waals surface area (Å²) >= 11 is 0. The average Bonchev–Trinajstić information content (AvgIpc) is 2.29. The predicted molar refractivity (Wildman–Crippen MR) is 81.6 cm³/mol. The normalized spacial score (nSPS) is 12.1. The number of hydrogen-bond donors (Lipinski definition) is 2. The van der Waals surface area contributed by atoms with Gasteiger partial charge in [0, 0.05) is 25.4 Å². The molecule has 1 aromatic heterocycles. The van der Waals surface area contributed by atoms with Crippen molar-refractivity contribution in [2.75, 3.05) is 12.4 Å². The fourth-order valence-electron chi connectivity index (χ4n) is 1.89. The Bertz CT molecular complexity index is 447. The summed E-state index contributed by atoms with van der Waals surface area (Å²) in [7, 11) is 1.84. The molecule has 0 radical (unpaired) electrons. The number of nitrogens with one attached hydrogen (secondary N) is 1. The van der Waals surface area contributed by atoms with Crippen LogP contribution in [0.4, 0.5) is 11.5 Å². The van der Waals surface area contributed by atoms with Gasteiger partial charge in [0.1, 0.15) is 5.69 Å². The van der Waals surface area contributed by atoms with Crippen LogP contribution < -0.4 is 5.32 Å². The van der Waals surface area contributed by atoms with Crippen molar-refractivity contribution in [1.82, 2.24) is 4.98 Å². The second kappa shape index (κ2) is 6.66. The van der Waals surface area contributed by atoms with Crippen LogP contribution in [0.3, 0.4) is 0 Å². The Kier molecular flexibility index (Phi) is 5.48. The third-order valence-electron chi connectivity index (χ3n) is 2.73. The van der Waals surface area contributed by atoms with Crippen LogP contribution in [-0.2, 0) is 6.42 Å². The van der Waals surface area contributed by atoms with Gasteiger partial charge in [-0.05, 0) is 38.8 Å². The molecule has 106 valence electrons.